The summed E-state index contributed by atoms with van der Waals surface area (Å²) in [5.41, 5.74) is 9.34. The number of benzene rings is 1. The third-order valence-electron chi connectivity index (χ3n) is 3.12. The van der Waals surface area contributed by atoms with Crippen molar-refractivity contribution >= 4 is 5.82 Å². The summed E-state index contributed by atoms with van der Waals surface area (Å²) in [6, 6.07) is 9.80. The molecule has 0 amide bonds. The highest BCUT2D eigenvalue weighted by molar-refractivity contribution is 5.65. The standard InChI is InChI=1S/C14H14N6/c1-2-11-13(16-9-17-14(11)15)12-8-18-19-20(12)10-6-4-3-5-7-10/h3-9H,2H2,1H3,(H2,15,16,17). The van der Waals surface area contributed by atoms with Crippen molar-refractivity contribution in [3.8, 4) is 17.1 Å². The van der Waals surface area contributed by atoms with Crippen molar-refractivity contribution in [3.05, 3.63) is 48.4 Å². The molecular formula is C14H14N6. The molecule has 0 unspecified atom stereocenters. The minimum atomic E-state index is 0.498. The van der Waals surface area contributed by atoms with E-state index in [-0.39, 0.29) is 0 Å². The fourth-order valence-electron chi connectivity index (χ4n) is 2.15. The van der Waals surface area contributed by atoms with Crippen LogP contribution in [0.25, 0.3) is 17.1 Å². The van der Waals surface area contributed by atoms with Crippen LogP contribution < -0.4 is 5.73 Å². The lowest BCUT2D eigenvalue weighted by molar-refractivity contribution is 0.805. The van der Waals surface area contributed by atoms with Crippen molar-refractivity contribution in [2.24, 2.45) is 0 Å². The van der Waals surface area contributed by atoms with Crippen molar-refractivity contribution in [1.29, 1.82) is 0 Å². The number of hydrogen-bond acceptors (Lipinski definition) is 5. The minimum absolute atomic E-state index is 0.498. The summed E-state index contributed by atoms with van der Waals surface area (Å²) in [7, 11) is 0. The Hall–Kier alpha value is -2.76. The highest BCUT2D eigenvalue weighted by atomic mass is 15.4. The summed E-state index contributed by atoms with van der Waals surface area (Å²) in [6.45, 7) is 2.02. The van der Waals surface area contributed by atoms with Gasteiger partial charge < -0.3 is 5.73 Å². The quantitative estimate of drug-likeness (QED) is 0.782. The van der Waals surface area contributed by atoms with Crippen molar-refractivity contribution in [1.82, 2.24) is 25.0 Å². The van der Waals surface area contributed by atoms with Gasteiger partial charge in [-0.05, 0) is 18.6 Å². The second kappa shape index (κ2) is 5.08. The fraction of sp³-hybridized carbons (Fsp3) is 0.143. The Bertz CT molecular complexity index is 720. The van der Waals surface area contributed by atoms with E-state index < -0.39 is 0 Å². The molecule has 0 atom stereocenters. The minimum Gasteiger partial charge on any atom is -0.383 e. The SMILES string of the molecule is CCc1c(N)ncnc1-c1cnnn1-c1ccccc1. The van der Waals surface area contributed by atoms with E-state index in [1.54, 1.807) is 10.9 Å². The summed E-state index contributed by atoms with van der Waals surface area (Å²) in [5, 5.41) is 8.13. The van der Waals surface area contributed by atoms with Gasteiger partial charge in [0.15, 0.2) is 0 Å². The summed E-state index contributed by atoms with van der Waals surface area (Å²) < 4.78 is 1.75. The molecule has 3 aromatic rings. The first-order valence-corrected chi connectivity index (χ1v) is 6.37. The highest BCUT2D eigenvalue weighted by Crippen LogP contribution is 2.25. The number of nitrogens with zero attached hydrogens (tertiary/aromatic N) is 5. The monoisotopic (exact) mass is 266 g/mol. The van der Waals surface area contributed by atoms with E-state index in [0.29, 0.717) is 5.82 Å². The zero-order valence-corrected chi connectivity index (χ0v) is 11.1. The van der Waals surface area contributed by atoms with Crippen LogP contribution in [0.2, 0.25) is 0 Å². The Morgan fingerprint density at radius 3 is 2.70 bits per heavy atom. The first-order valence-electron chi connectivity index (χ1n) is 6.37. The van der Waals surface area contributed by atoms with Crippen LogP contribution in [0, 0.1) is 0 Å². The third-order valence-corrected chi connectivity index (χ3v) is 3.12. The van der Waals surface area contributed by atoms with Crippen LogP contribution >= 0.6 is 0 Å². The molecular weight excluding hydrogens is 252 g/mol. The first kappa shape index (κ1) is 12.3. The zero-order valence-electron chi connectivity index (χ0n) is 11.1. The molecule has 0 saturated carbocycles. The number of para-hydroxylation sites is 1. The lowest BCUT2D eigenvalue weighted by Gasteiger charge is -2.10. The Balaban J connectivity index is 2.18. The van der Waals surface area contributed by atoms with E-state index >= 15 is 0 Å². The second-order valence-electron chi connectivity index (χ2n) is 4.31. The fourth-order valence-corrected chi connectivity index (χ4v) is 2.15. The van der Waals surface area contributed by atoms with Crippen LogP contribution in [-0.2, 0) is 6.42 Å². The molecule has 1 aromatic carbocycles. The van der Waals surface area contributed by atoms with Crippen LogP contribution in [0.4, 0.5) is 5.82 Å². The van der Waals surface area contributed by atoms with Crippen molar-refractivity contribution in [2.75, 3.05) is 5.73 Å². The molecule has 2 N–H and O–H groups in total. The van der Waals surface area contributed by atoms with E-state index in [9.17, 15) is 0 Å². The second-order valence-corrected chi connectivity index (χ2v) is 4.31. The molecule has 20 heavy (non-hydrogen) atoms. The Morgan fingerprint density at radius 2 is 1.95 bits per heavy atom. The smallest absolute Gasteiger partial charge is 0.130 e. The van der Waals surface area contributed by atoms with Crippen LogP contribution in [0.15, 0.2) is 42.9 Å². The van der Waals surface area contributed by atoms with Gasteiger partial charge in [-0.15, -0.1) is 5.10 Å². The van der Waals surface area contributed by atoms with Gasteiger partial charge in [0.1, 0.15) is 17.8 Å². The van der Waals surface area contributed by atoms with Gasteiger partial charge in [0, 0.05) is 5.56 Å². The third kappa shape index (κ3) is 2.01. The van der Waals surface area contributed by atoms with Crippen molar-refractivity contribution < 1.29 is 0 Å². The molecule has 3 rings (SSSR count). The molecule has 100 valence electrons. The molecule has 0 aliphatic heterocycles. The molecule has 0 fully saturated rings. The van der Waals surface area contributed by atoms with E-state index in [4.69, 9.17) is 5.73 Å². The lowest BCUT2D eigenvalue weighted by Crippen LogP contribution is -2.05. The van der Waals surface area contributed by atoms with Gasteiger partial charge in [-0.25, -0.2) is 14.6 Å². The molecule has 0 bridgehead atoms. The maximum absolute atomic E-state index is 5.93. The summed E-state index contributed by atoms with van der Waals surface area (Å²) in [6.07, 6.45) is 3.90. The van der Waals surface area contributed by atoms with Crippen LogP contribution in [0.3, 0.4) is 0 Å². The number of anilines is 1. The number of nitrogens with two attached hydrogens (primary N) is 1. The number of nitrogen functional groups attached to an aromatic ring is 1. The molecule has 6 nitrogen and oxygen atoms in total. The largest absolute Gasteiger partial charge is 0.383 e. The normalized spacial score (nSPS) is 10.7. The van der Waals surface area contributed by atoms with E-state index in [0.717, 1.165) is 29.1 Å². The first-order chi connectivity index (χ1) is 9.81. The summed E-state index contributed by atoms with van der Waals surface area (Å²) in [4.78, 5) is 8.39. The van der Waals surface area contributed by atoms with Crippen LogP contribution in [0.1, 0.15) is 12.5 Å². The highest BCUT2D eigenvalue weighted by Gasteiger charge is 2.15. The predicted octanol–water partition coefficient (Wildman–Crippen LogP) is 1.87. The molecule has 2 heterocycles. The van der Waals surface area contributed by atoms with Gasteiger partial charge in [-0.1, -0.05) is 30.3 Å². The van der Waals surface area contributed by atoms with Crippen LogP contribution in [0.5, 0.6) is 0 Å². The maximum atomic E-state index is 5.93. The molecule has 0 radical (unpaired) electrons. The van der Waals surface area contributed by atoms with Gasteiger partial charge in [0.2, 0.25) is 0 Å². The number of aromatic nitrogens is 5. The molecule has 0 spiro atoms. The zero-order chi connectivity index (χ0) is 13.9. The van der Waals surface area contributed by atoms with Gasteiger partial charge in [0.25, 0.3) is 0 Å². The van der Waals surface area contributed by atoms with E-state index in [1.807, 2.05) is 37.3 Å². The van der Waals surface area contributed by atoms with Gasteiger partial charge >= 0.3 is 0 Å². The average Bonchev–Trinajstić information content (AvgIpc) is 2.97. The summed E-state index contributed by atoms with van der Waals surface area (Å²) >= 11 is 0. The Morgan fingerprint density at radius 1 is 1.15 bits per heavy atom. The molecule has 0 saturated heterocycles. The summed E-state index contributed by atoms with van der Waals surface area (Å²) in [5.74, 6) is 0.498. The van der Waals surface area contributed by atoms with Gasteiger partial charge in [-0.2, -0.15) is 0 Å². The van der Waals surface area contributed by atoms with E-state index in [1.165, 1.54) is 6.33 Å². The molecule has 0 aliphatic rings. The Kier molecular flexibility index (Phi) is 3.12. The topological polar surface area (TPSA) is 82.5 Å². The number of hydrogen-bond donors (Lipinski definition) is 1. The Labute approximate surface area is 116 Å². The van der Waals surface area contributed by atoms with Gasteiger partial charge in [0.05, 0.1) is 17.6 Å². The number of rotatable bonds is 3. The molecule has 6 heteroatoms. The lowest BCUT2D eigenvalue weighted by atomic mass is 10.1. The van der Waals surface area contributed by atoms with Gasteiger partial charge in [-0.3, -0.25) is 0 Å². The average molecular weight is 266 g/mol. The van der Waals surface area contributed by atoms with E-state index in [2.05, 4.69) is 20.3 Å². The predicted molar refractivity (Wildman–Crippen MR) is 76.2 cm³/mol. The van der Waals surface area contributed by atoms with Crippen molar-refractivity contribution in [2.45, 2.75) is 13.3 Å². The molecule has 0 aliphatic carbocycles. The van der Waals surface area contributed by atoms with Crippen LogP contribution in [-0.4, -0.2) is 25.0 Å². The maximum Gasteiger partial charge on any atom is 0.130 e. The van der Waals surface area contributed by atoms with Crippen molar-refractivity contribution in [3.63, 3.8) is 0 Å². The molecule has 2 aromatic heterocycles.